The van der Waals surface area contributed by atoms with E-state index in [1.807, 2.05) is 24.3 Å². The summed E-state index contributed by atoms with van der Waals surface area (Å²) >= 11 is 5.74. The highest BCUT2D eigenvalue weighted by Gasteiger charge is 2.31. The van der Waals surface area contributed by atoms with Crippen LogP contribution in [0.25, 0.3) is 11.1 Å². The van der Waals surface area contributed by atoms with Gasteiger partial charge in [0.05, 0.1) is 11.2 Å². The Morgan fingerprint density at radius 3 is 2.42 bits per heavy atom. The average molecular weight is 346 g/mol. The largest absolute Gasteiger partial charge is 0.380 e. The predicted octanol–water partition coefficient (Wildman–Crippen LogP) is 3.45. The summed E-state index contributed by atoms with van der Waals surface area (Å²) in [7, 11) is 0. The van der Waals surface area contributed by atoms with Gasteiger partial charge in [-0.05, 0) is 41.8 Å². The first-order valence-corrected chi connectivity index (χ1v) is 7.90. The van der Waals surface area contributed by atoms with Crippen molar-refractivity contribution in [2.24, 2.45) is 5.73 Å². The molecule has 1 heterocycles. The van der Waals surface area contributed by atoms with Gasteiger partial charge in [-0.1, -0.05) is 41.9 Å². The topological polar surface area (TPSA) is 74.9 Å². The van der Waals surface area contributed by atoms with E-state index in [0.29, 0.717) is 11.1 Å². The molecular weight excluding hydrogens is 329 g/mol. The predicted molar refractivity (Wildman–Crippen MR) is 92.1 cm³/mol. The number of aromatic amines is 1. The van der Waals surface area contributed by atoms with E-state index in [1.165, 1.54) is 12.1 Å². The Bertz CT molecular complexity index is 821. The van der Waals surface area contributed by atoms with Crippen molar-refractivity contribution in [1.29, 1.82) is 0 Å². The maximum absolute atomic E-state index is 13.8. The number of halogens is 2. The fraction of sp³-hybridized carbons (Fsp3) is 0.167. The Kier molecular flexibility index (Phi) is 4.66. The molecule has 0 saturated carbocycles. The van der Waals surface area contributed by atoms with Crippen molar-refractivity contribution < 1.29 is 9.50 Å². The summed E-state index contributed by atoms with van der Waals surface area (Å²) in [6.45, 7) is 0.254. The lowest BCUT2D eigenvalue weighted by Crippen LogP contribution is -2.30. The molecule has 6 heteroatoms. The van der Waals surface area contributed by atoms with Gasteiger partial charge in [-0.2, -0.15) is 5.10 Å². The van der Waals surface area contributed by atoms with Crippen LogP contribution in [0.2, 0.25) is 5.02 Å². The van der Waals surface area contributed by atoms with Gasteiger partial charge in [0, 0.05) is 11.8 Å². The Labute approximate surface area is 144 Å². The molecule has 124 valence electrons. The first kappa shape index (κ1) is 16.6. The van der Waals surface area contributed by atoms with Gasteiger partial charge >= 0.3 is 0 Å². The van der Waals surface area contributed by atoms with Crippen LogP contribution in [0.1, 0.15) is 17.5 Å². The van der Waals surface area contributed by atoms with E-state index in [1.54, 1.807) is 18.5 Å². The standard InChI is InChI=1S/C18H17ClFN3O/c19-16-6-5-15(9-17(16)20)18(24,7-8-21)14-3-1-12(2-4-14)13-10-22-23-11-13/h1-6,9-11,24H,7-8,21H2,(H,22,23). The van der Waals surface area contributed by atoms with Crippen LogP contribution in [0, 0.1) is 5.82 Å². The lowest BCUT2D eigenvalue weighted by molar-refractivity contribution is 0.0734. The van der Waals surface area contributed by atoms with Crippen LogP contribution < -0.4 is 5.73 Å². The number of nitrogens with one attached hydrogen (secondary N) is 1. The zero-order valence-electron chi connectivity index (χ0n) is 12.8. The number of hydrogen-bond donors (Lipinski definition) is 3. The summed E-state index contributed by atoms with van der Waals surface area (Å²) < 4.78 is 13.8. The number of hydrogen-bond acceptors (Lipinski definition) is 3. The maximum atomic E-state index is 13.8. The van der Waals surface area contributed by atoms with Crippen LogP contribution in [0.5, 0.6) is 0 Å². The molecule has 2 aromatic carbocycles. The average Bonchev–Trinajstić information content (AvgIpc) is 3.12. The van der Waals surface area contributed by atoms with Crippen LogP contribution in [0.15, 0.2) is 54.9 Å². The summed E-state index contributed by atoms with van der Waals surface area (Å²) in [5.41, 5.74) is 7.26. The Hall–Kier alpha value is -2.21. The zero-order chi connectivity index (χ0) is 17.2. The summed E-state index contributed by atoms with van der Waals surface area (Å²) in [4.78, 5) is 0. The van der Waals surface area contributed by atoms with Gasteiger partial charge in [0.15, 0.2) is 0 Å². The molecule has 3 rings (SSSR count). The summed E-state index contributed by atoms with van der Waals surface area (Å²) in [6.07, 6.45) is 3.77. The molecule has 0 saturated heterocycles. The van der Waals surface area contributed by atoms with Crippen LogP contribution >= 0.6 is 11.6 Å². The number of nitrogens with zero attached hydrogens (tertiary/aromatic N) is 1. The van der Waals surface area contributed by atoms with Crippen molar-refractivity contribution in [2.45, 2.75) is 12.0 Å². The van der Waals surface area contributed by atoms with E-state index in [9.17, 15) is 9.50 Å². The molecule has 0 aliphatic rings. The molecular formula is C18H17ClFN3O. The summed E-state index contributed by atoms with van der Waals surface area (Å²) in [6, 6.07) is 11.7. The van der Waals surface area contributed by atoms with Gasteiger partial charge in [0.2, 0.25) is 0 Å². The number of nitrogens with two attached hydrogens (primary N) is 1. The molecule has 0 spiro atoms. The molecule has 24 heavy (non-hydrogen) atoms. The lowest BCUT2D eigenvalue weighted by atomic mass is 9.83. The van der Waals surface area contributed by atoms with Crippen molar-refractivity contribution in [3.63, 3.8) is 0 Å². The van der Waals surface area contributed by atoms with Crippen LogP contribution in [-0.4, -0.2) is 21.8 Å². The van der Waals surface area contributed by atoms with Gasteiger partial charge in [0.1, 0.15) is 11.4 Å². The fourth-order valence-electron chi connectivity index (χ4n) is 2.76. The van der Waals surface area contributed by atoms with Crippen LogP contribution in [0.4, 0.5) is 4.39 Å². The third kappa shape index (κ3) is 3.06. The summed E-state index contributed by atoms with van der Waals surface area (Å²) in [5, 5.41) is 17.9. The van der Waals surface area contributed by atoms with E-state index in [2.05, 4.69) is 10.2 Å². The lowest BCUT2D eigenvalue weighted by Gasteiger charge is -2.29. The van der Waals surface area contributed by atoms with Gasteiger partial charge in [-0.15, -0.1) is 0 Å². The second-order valence-electron chi connectivity index (χ2n) is 5.59. The molecule has 1 aromatic heterocycles. The van der Waals surface area contributed by atoms with Crippen molar-refractivity contribution in [1.82, 2.24) is 10.2 Å². The van der Waals surface area contributed by atoms with Gasteiger partial charge in [-0.3, -0.25) is 5.10 Å². The van der Waals surface area contributed by atoms with Crippen molar-refractivity contribution in [3.05, 3.63) is 76.8 Å². The fourth-order valence-corrected chi connectivity index (χ4v) is 2.88. The van der Waals surface area contributed by atoms with E-state index in [4.69, 9.17) is 17.3 Å². The molecule has 4 N–H and O–H groups in total. The monoisotopic (exact) mass is 345 g/mol. The number of benzene rings is 2. The highest BCUT2D eigenvalue weighted by Crippen LogP contribution is 2.35. The van der Waals surface area contributed by atoms with Crippen molar-refractivity contribution in [2.75, 3.05) is 6.54 Å². The van der Waals surface area contributed by atoms with Gasteiger partial charge < -0.3 is 10.8 Å². The number of aliphatic hydroxyl groups is 1. The minimum atomic E-state index is -1.38. The number of H-pyrrole nitrogens is 1. The van der Waals surface area contributed by atoms with Gasteiger partial charge in [-0.25, -0.2) is 4.39 Å². The maximum Gasteiger partial charge on any atom is 0.142 e. The molecule has 3 aromatic rings. The minimum absolute atomic E-state index is 0.0177. The first-order chi connectivity index (χ1) is 11.5. The van der Waals surface area contributed by atoms with E-state index in [-0.39, 0.29) is 18.0 Å². The molecule has 4 nitrogen and oxygen atoms in total. The van der Waals surface area contributed by atoms with Crippen molar-refractivity contribution >= 4 is 11.6 Å². The van der Waals surface area contributed by atoms with E-state index < -0.39 is 11.4 Å². The van der Waals surface area contributed by atoms with E-state index in [0.717, 1.165) is 11.1 Å². The molecule has 0 fully saturated rings. The van der Waals surface area contributed by atoms with E-state index >= 15 is 0 Å². The Balaban J connectivity index is 2.02. The first-order valence-electron chi connectivity index (χ1n) is 7.52. The summed E-state index contributed by atoms with van der Waals surface area (Å²) in [5.74, 6) is -0.570. The molecule has 0 aliphatic heterocycles. The molecule has 1 unspecified atom stereocenters. The van der Waals surface area contributed by atoms with Crippen LogP contribution in [-0.2, 0) is 5.60 Å². The molecule has 0 radical (unpaired) electrons. The normalized spacial score (nSPS) is 13.7. The van der Waals surface area contributed by atoms with Gasteiger partial charge in [0.25, 0.3) is 0 Å². The Morgan fingerprint density at radius 2 is 1.83 bits per heavy atom. The minimum Gasteiger partial charge on any atom is -0.380 e. The molecule has 0 amide bonds. The highest BCUT2D eigenvalue weighted by atomic mass is 35.5. The quantitative estimate of drug-likeness (QED) is 0.663. The molecule has 0 bridgehead atoms. The van der Waals surface area contributed by atoms with Crippen LogP contribution in [0.3, 0.4) is 0 Å². The van der Waals surface area contributed by atoms with Crippen molar-refractivity contribution in [3.8, 4) is 11.1 Å². The Morgan fingerprint density at radius 1 is 1.12 bits per heavy atom. The smallest absolute Gasteiger partial charge is 0.142 e. The second-order valence-corrected chi connectivity index (χ2v) is 6.00. The zero-order valence-corrected chi connectivity index (χ0v) is 13.6. The number of rotatable bonds is 5. The second kappa shape index (κ2) is 6.73. The third-order valence-corrected chi connectivity index (χ3v) is 4.40. The molecule has 1 atom stereocenters. The third-order valence-electron chi connectivity index (χ3n) is 4.10. The SMILES string of the molecule is NCCC(O)(c1ccc(-c2cn[nH]c2)cc1)c1ccc(Cl)c(F)c1. The highest BCUT2D eigenvalue weighted by molar-refractivity contribution is 6.30. The number of aromatic nitrogens is 2. The molecule has 0 aliphatic carbocycles.